The molecular weight excluding hydrogens is 262 g/mol. The quantitative estimate of drug-likeness (QED) is 0.591. The monoisotopic (exact) mass is 275 g/mol. The molecule has 7 heteroatoms. The van der Waals surface area contributed by atoms with Gasteiger partial charge in [0.05, 0.1) is 12.3 Å². The molecule has 0 aliphatic rings. The van der Waals surface area contributed by atoms with Gasteiger partial charge in [0.15, 0.2) is 6.10 Å². The van der Waals surface area contributed by atoms with Gasteiger partial charge < -0.3 is 9.84 Å². The van der Waals surface area contributed by atoms with Crippen LogP contribution in [0.25, 0.3) is 0 Å². The van der Waals surface area contributed by atoms with Gasteiger partial charge in [-0.25, -0.2) is 10.2 Å². The normalized spacial score (nSPS) is 11.6. The summed E-state index contributed by atoms with van der Waals surface area (Å²) < 4.78 is 5.16. The third-order valence-electron chi connectivity index (χ3n) is 2.18. The molecule has 1 rings (SSSR count). The number of amides is 1. The molecule has 0 radical (unpaired) electrons. The zero-order chi connectivity index (χ0) is 15.0. The largest absolute Gasteiger partial charge is 0.479 e. The lowest BCUT2D eigenvalue weighted by Gasteiger charge is -2.09. The molecule has 1 aromatic carbocycles. The first-order valence-electron chi connectivity index (χ1n) is 5.71. The van der Waals surface area contributed by atoms with E-state index < -0.39 is 18.0 Å². The number of carbonyl (C=O) groups is 2. The first-order chi connectivity index (χ1) is 9.52. The Morgan fingerprint density at radius 3 is 2.70 bits per heavy atom. The van der Waals surface area contributed by atoms with Crippen LogP contribution in [0, 0.1) is 11.3 Å². The number of carboxylic acid groups (broad SMARTS) is 1. The Balaban J connectivity index is 2.54. The van der Waals surface area contributed by atoms with E-state index in [1.165, 1.54) is 13.1 Å². The number of aliphatic carboxylic acids is 1. The lowest BCUT2D eigenvalue weighted by molar-refractivity contribution is -0.144. The lowest BCUT2D eigenvalue weighted by Crippen LogP contribution is -2.22. The second-order valence-corrected chi connectivity index (χ2v) is 3.80. The van der Waals surface area contributed by atoms with Crippen molar-refractivity contribution < 1.29 is 19.4 Å². The fourth-order valence-corrected chi connectivity index (χ4v) is 1.18. The third kappa shape index (κ3) is 5.18. The average molecular weight is 275 g/mol. The minimum atomic E-state index is -1.05. The van der Waals surface area contributed by atoms with Crippen molar-refractivity contribution in [1.82, 2.24) is 5.43 Å². The number of ether oxygens (including phenoxy) is 1. The highest BCUT2D eigenvalue weighted by Gasteiger charge is 2.11. The number of hydrogen-bond acceptors (Lipinski definition) is 5. The smallest absolute Gasteiger partial charge is 0.344 e. The van der Waals surface area contributed by atoms with Crippen molar-refractivity contribution in [3.63, 3.8) is 0 Å². The molecule has 7 nitrogen and oxygen atoms in total. The third-order valence-corrected chi connectivity index (χ3v) is 2.18. The minimum Gasteiger partial charge on any atom is -0.479 e. The van der Waals surface area contributed by atoms with E-state index in [4.69, 9.17) is 15.1 Å². The second kappa shape index (κ2) is 7.53. The Hall–Kier alpha value is -2.88. The standard InChI is InChI=1S/C13H13N3O4/c1-9(13(18)19)20-11-4-2-10(3-5-11)8-15-16-12(17)6-7-14/h2-5,8-9H,6H2,1H3,(H,16,17)(H,18,19)/b15-8+. The summed E-state index contributed by atoms with van der Waals surface area (Å²) in [5.74, 6) is -1.11. The molecule has 0 fully saturated rings. The molecule has 1 unspecified atom stereocenters. The van der Waals surface area contributed by atoms with Crippen molar-refractivity contribution in [2.75, 3.05) is 0 Å². The molecule has 104 valence electrons. The zero-order valence-electron chi connectivity index (χ0n) is 10.7. The van der Waals surface area contributed by atoms with Crippen LogP contribution in [0.15, 0.2) is 29.4 Å². The predicted molar refractivity (Wildman–Crippen MR) is 70.1 cm³/mol. The van der Waals surface area contributed by atoms with Gasteiger partial charge in [0.2, 0.25) is 0 Å². The maximum absolute atomic E-state index is 10.9. The van der Waals surface area contributed by atoms with Gasteiger partial charge >= 0.3 is 5.97 Å². The summed E-state index contributed by atoms with van der Waals surface area (Å²) in [7, 11) is 0. The van der Waals surface area contributed by atoms with Crippen LogP contribution in [-0.4, -0.2) is 29.3 Å². The van der Waals surface area contributed by atoms with Crippen LogP contribution in [-0.2, 0) is 9.59 Å². The van der Waals surface area contributed by atoms with Gasteiger partial charge in [-0.05, 0) is 36.8 Å². The van der Waals surface area contributed by atoms with E-state index >= 15 is 0 Å². The van der Waals surface area contributed by atoms with Gasteiger partial charge in [0, 0.05) is 0 Å². The first-order valence-corrected chi connectivity index (χ1v) is 5.71. The molecular formula is C13H13N3O4. The molecule has 0 aliphatic heterocycles. The zero-order valence-corrected chi connectivity index (χ0v) is 10.7. The SMILES string of the molecule is CC(Oc1ccc(/C=N/NC(=O)CC#N)cc1)C(=O)O. The summed E-state index contributed by atoms with van der Waals surface area (Å²) >= 11 is 0. The van der Waals surface area contributed by atoms with Gasteiger partial charge in [-0.3, -0.25) is 4.79 Å². The Kier molecular flexibility index (Phi) is 5.72. The lowest BCUT2D eigenvalue weighted by atomic mass is 10.2. The van der Waals surface area contributed by atoms with Crippen molar-refractivity contribution in [2.45, 2.75) is 19.4 Å². The molecule has 2 N–H and O–H groups in total. The number of hydrazone groups is 1. The van der Waals surface area contributed by atoms with Crippen molar-refractivity contribution in [1.29, 1.82) is 5.26 Å². The topological polar surface area (TPSA) is 112 Å². The minimum absolute atomic E-state index is 0.253. The fourth-order valence-electron chi connectivity index (χ4n) is 1.18. The highest BCUT2D eigenvalue weighted by atomic mass is 16.5. The summed E-state index contributed by atoms with van der Waals surface area (Å²) in [4.78, 5) is 21.6. The molecule has 0 aromatic heterocycles. The Morgan fingerprint density at radius 1 is 1.50 bits per heavy atom. The van der Waals surface area contributed by atoms with Gasteiger partial charge in [-0.15, -0.1) is 0 Å². The molecule has 0 bridgehead atoms. The van der Waals surface area contributed by atoms with E-state index in [1.54, 1.807) is 30.3 Å². The number of hydrogen-bond donors (Lipinski definition) is 2. The maximum Gasteiger partial charge on any atom is 0.344 e. The van der Waals surface area contributed by atoms with E-state index in [2.05, 4.69) is 10.5 Å². The van der Waals surface area contributed by atoms with E-state index in [0.717, 1.165) is 0 Å². The number of carboxylic acids is 1. The van der Waals surface area contributed by atoms with Crippen LogP contribution in [0.5, 0.6) is 5.75 Å². The number of nitrogens with one attached hydrogen (secondary N) is 1. The molecule has 0 saturated carbocycles. The molecule has 0 heterocycles. The number of benzene rings is 1. The van der Waals surface area contributed by atoms with Crippen LogP contribution in [0.4, 0.5) is 0 Å². The predicted octanol–water partition coefficient (Wildman–Crippen LogP) is 0.902. The van der Waals surface area contributed by atoms with Gasteiger partial charge in [-0.2, -0.15) is 10.4 Å². The van der Waals surface area contributed by atoms with Crippen molar-refractivity contribution in [3.05, 3.63) is 29.8 Å². The number of nitrogens with zero attached hydrogens (tertiary/aromatic N) is 2. The number of carbonyl (C=O) groups excluding carboxylic acids is 1. The summed E-state index contributed by atoms with van der Waals surface area (Å²) in [6.45, 7) is 1.43. The summed E-state index contributed by atoms with van der Waals surface area (Å²) in [5, 5.41) is 20.6. The van der Waals surface area contributed by atoms with Gasteiger partial charge in [-0.1, -0.05) is 0 Å². The van der Waals surface area contributed by atoms with Crippen LogP contribution in [0.2, 0.25) is 0 Å². The van der Waals surface area contributed by atoms with E-state index in [0.29, 0.717) is 11.3 Å². The second-order valence-electron chi connectivity index (χ2n) is 3.80. The molecule has 1 amide bonds. The van der Waals surface area contributed by atoms with E-state index in [9.17, 15) is 9.59 Å². The van der Waals surface area contributed by atoms with Crippen molar-refractivity contribution in [3.8, 4) is 11.8 Å². The van der Waals surface area contributed by atoms with Gasteiger partial charge in [0.25, 0.3) is 5.91 Å². The van der Waals surface area contributed by atoms with Crippen LogP contribution in [0.3, 0.4) is 0 Å². The summed E-state index contributed by atoms with van der Waals surface area (Å²) in [6, 6.07) is 8.20. The highest BCUT2D eigenvalue weighted by Crippen LogP contribution is 2.13. The molecule has 0 aliphatic carbocycles. The Labute approximate surface area is 115 Å². The van der Waals surface area contributed by atoms with Crippen LogP contribution >= 0.6 is 0 Å². The fraction of sp³-hybridized carbons (Fsp3) is 0.231. The Morgan fingerprint density at radius 2 is 2.15 bits per heavy atom. The van der Waals surface area contributed by atoms with Crippen LogP contribution < -0.4 is 10.2 Å². The van der Waals surface area contributed by atoms with Crippen molar-refractivity contribution in [2.24, 2.45) is 5.10 Å². The highest BCUT2D eigenvalue weighted by molar-refractivity contribution is 5.83. The van der Waals surface area contributed by atoms with Crippen LogP contribution in [0.1, 0.15) is 18.9 Å². The number of rotatable bonds is 6. The summed E-state index contributed by atoms with van der Waals surface area (Å²) in [5.41, 5.74) is 2.89. The van der Waals surface area contributed by atoms with E-state index in [-0.39, 0.29) is 6.42 Å². The molecule has 0 saturated heterocycles. The Bertz CT molecular complexity index is 546. The number of nitriles is 1. The molecule has 1 aromatic rings. The molecule has 0 spiro atoms. The van der Waals surface area contributed by atoms with Gasteiger partial charge in [0.1, 0.15) is 12.2 Å². The van der Waals surface area contributed by atoms with Crippen molar-refractivity contribution >= 4 is 18.1 Å². The molecule has 20 heavy (non-hydrogen) atoms. The maximum atomic E-state index is 10.9. The summed E-state index contributed by atoms with van der Waals surface area (Å²) in [6.07, 6.45) is 0.219. The molecule has 1 atom stereocenters. The van der Waals surface area contributed by atoms with E-state index in [1.807, 2.05) is 0 Å². The average Bonchev–Trinajstić information content (AvgIpc) is 2.41. The first kappa shape index (κ1) is 15.2.